The van der Waals surface area contributed by atoms with Crippen molar-refractivity contribution >= 4 is 0 Å². The zero-order valence-corrected chi connectivity index (χ0v) is 7.84. The second-order valence-corrected chi connectivity index (χ2v) is 3.41. The molecule has 0 aliphatic carbocycles. The first-order valence-corrected chi connectivity index (χ1v) is 4.37. The first kappa shape index (κ1) is 13.5. The molecule has 9 heteroatoms. The number of nitrogens with one attached hydrogen (secondary N) is 2. The van der Waals surface area contributed by atoms with Crippen molar-refractivity contribution in [3.8, 4) is 0 Å². The molecule has 1 aliphatic rings. The van der Waals surface area contributed by atoms with Gasteiger partial charge in [-0.2, -0.15) is 30.7 Å². The van der Waals surface area contributed by atoms with Gasteiger partial charge in [0, 0.05) is 19.6 Å². The molecular formula is C7H9F7N2. The summed E-state index contributed by atoms with van der Waals surface area (Å²) in [6.45, 7) is -0.489. The van der Waals surface area contributed by atoms with Crippen LogP contribution >= 0.6 is 0 Å². The van der Waals surface area contributed by atoms with E-state index in [1.807, 2.05) is 5.32 Å². The molecule has 1 fully saturated rings. The molecule has 0 aromatic rings. The summed E-state index contributed by atoms with van der Waals surface area (Å²) in [5.41, 5.74) is 0. The van der Waals surface area contributed by atoms with Gasteiger partial charge in [-0.25, -0.2) is 0 Å². The molecular weight excluding hydrogens is 245 g/mol. The molecule has 16 heavy (non-hydrogen) atoms. The Hall–Kier alpha value is -0.570. The van der Waals surface area contributed by atoms with E-state index in [1.165, 1.54) is 0 Å². The Morgan fingerprint density at radius 3 is 1.81 bits per heavy atom. The second-order valence-electron chi connectivity index (χ2n) is 3.41. The molecule has 0 aromatic heterocycles. The molecule has 0 unspecified atom stereocenters. The van der Waals surface area contributed by atoms with Crippen molar-refractivity contribution in [2.45, 2.75) is 24.1 Å². The van der Waals surface area contributed by atoms with Crippen LogP contribution < -0.4 is 10.6 Å². The van der Waals surface area contributed by atoms with Gasteiger partial charge in [0.15, 0.2) is 0 Å². The fourth-order valence-corrected chi connectivity index (χ4v) is 1.32. The third-order valence-electron chi connectivity index (χ3n) is 2.25. The molecule has 96 valence electrons. The maximum absolute atomic E-state index is 13.0. The number of piperazine rings is 1. The normalized spacial score (nSPS) is 24.6. The maximum Gasteiger partial charge on any atom is 0.459 e. The largest absolute Gasteiger partial charge is 0.459 e. The van der Waals surface area contributed by atoms with E-state index in [2.05, 4.69) is 5.32 Å². The minimum atomic E-state index is -6.27. The van der Waals surface area contributed by atoms with E-state index < -0.39 is 30.6 Å². The number of halogens is 7. The summed E-state index contributed by atoms with van der Waals surface area (Å²) in [5, 5.41) is 4.27. The monoisotopic (exact) mass is 254 g/mol. The highest BCUT2D eigenvalue weighted by atomic mass is 19.4. The van der Waals surface area contributed by atoms with Crippen molar-refractivity contribution in [3.63, 3.8) is 0 Å². The Kier molecular flexibility index (Phi) is 3.39. The summed E-state index contributed by atoms with van der Waals surface area (Å²) < 4.78 is 86.5. The molecule has 0 spiro atoms. The summed E-state index contributed by atoms with van der Waals surface area (Å²) in [4.78, 5) is 0. The molecule has 2 nitrogen and oxygen atoms in total. The topological polar surface area (TPSA) is 24.1 Å². The van der Waals surface area contributed by atoms with Gasteiger partial charge in [-0.15, -0.1) is 0 Å². The third kappa shape index (κ3) is 2.10. The van der Waals surface area contributed by atoms with Crippen LogP contribution in [0.4, 0.5) is 30.7 Å². The van der Waals surface area contributed by atoms with Crippen molar-refractivity contribution in [2.24, 2.45) is 0 Å². The van der Waals surface area contributed by atoms with Gasteiger partial charge in [-0.3, -0.25) is 0 Å². The summed E-state index contributed by atoms with van der Waals surface area (Å²) in [6, 6.07) is -2.24. The van der Waals surface area contributed by atoms with Gasteiger partial charge >= 0.3 is 18.0 Å². The van der Waals surface area contributed by atoms with Gasteiger partial charge in [0.05, 0.1) is 6.04 Å². The van der Waals surface area contributed by atoms with Crippen LogP contribution in [0.25, 0.3) is 0 Å². The standard InChI is InChI=1S/C7H9F7N2/c8-5(9,4-3-15-1-2-16-4)6(10,11)7(12,13)14/h4,15-16H,1-3H2/t4-/m0/s1. The molecule has 0 amide bonds. The van der Waals surface area contributed by atoms with Crippen LogP contribution in [0.1, 0.15) is 0 Å². The van der Waals surface area contributed by atoms with Crippen molar-refractivity contribution in [1.82, 2.24) is 10.6 Å². The molecule has 2 N–H and O–H groups in total. The van der Waals surface area contributed by atoms with E-state index >= 15 is 0 Å². The quantitative estimate of drug-likeness (QED) is 0.727. The Morgan fingerprint density at radius 1 is 0.875 bits per heavy atom. The second kappa shape index (κ2) is 4.02. The van der Waals surface area contributed by atoms with E-state index in [4.69, 9.17) is 0 Å². The smallest absolute Gasteiger partial charge is 0.314 e. The Labute approximate surface area is 86.2 Å². The number of hydrogen-bond acceptors (Lipinski definition) is 2. The minimum Gasteiger partial charge on any atom is -0.314 e. The molecule has 1 atom stereocenters. The maximum atomic E-state index is 13.0. The Balaban J connectivity index is 2.90. The van der Waals surface area contributed by atoms with Crippen LogP contribution in [-0.2, 0) is 0 Å². The fourth-order valence-electron chi connectivity index (χ4n) is 1.32. The van der Waals surface area contributed by atoms with Gasteiger partial charge < -0.3 is 10.6 Å². The van der Waals surface area contributed by atoms with Gasteiger partial charge in [0.25, 0.3) is 0 Å². The summed E-state index contributed by atoms with van der Waals surface area (Å²) in [6.07, 6.45) is -6.27. The summed E-state index contributed by atoms with van der Waals surface area (Å²) in [5.74, 6) is -11.2. The van der Waals surface area contributed by atoms with Crippen LogP contribution in [0.15, 0.2) is 0 Å². The molecule has 0 saturated carbocycles. The molecule has 1 rings (SSSR count). The SMILES string of the molecule is FC(F)(F)C(F)(F)C(F)(F)[C@@H]1CNCCN1. The van der Waals surface area contributed by atoms with E-state index in [0.717, 1.165) is 0 Å². The van der Waals surface area contributed by atoms with E-state index in [1.54, 1.807) is 0 Å². The summed E-state index contributed by atoms with van der Waals surface area (Å²) >= 11 is 0. The van der Waals surface area contributed by atoms with Crippen LogP contribution in [0.2, 0.25) is 0 Å². The minimum absolute atomic E-state index is 0.0891. The fraction of sp³-hybridized carbons (Fsp3) is 1.00. The predicted octanol–water partition coefficient (Wildman–Crippen LogP) is 1.38. The zero-order valence-electron chi connectivity index (χ0n) is 7.84. The van der Waals surface area contributed by atoms with Gasteiger partial charge in [0.1, 0.15) is 0 Å². The molecule has 0 aromatic carbocycles. The van der Waals surface area contributed by atoms with Crippen molar-refractivity contribution in [2.75, 3.05) is 19.6 Å². The molecule has 0 bridgehead atoms. The van der Waals surface area contributed by atoms with Crippen molar-refractivity contribution < 1.29 is 30.7 Å². The van der Waals surface area contributed by atoms with E-state index in [0.29, 0.717) is 0 Å². The predicted molar refractivity (Wildman–Crippen MR) is 40.6 cm³/mol. The average molecular weight is 254 g/mol. The lowest BCUT2D eigenvalue weighted by Gasteiger charge is -2.36. The molecule has 0 radical (unpaired) electrons. The molecule has 1 saturated heterocycles. The van der Waals surface area contributed by atoms with Gasteiger partial charge in [-0.05, 0) is 0 Å². The highest BCUT2D eigenvalue weighted by Crippen LogP contribution is 2.47. The van der Waals surface area contributed by atoms with Crippen molar-refractivity contribution in [3.05, 3.63) is 0 Å². The van der Waals surface area contributed by atoms with Gasteiger partial charge in [-0.1, -0.05) is 0 Å². The van der Waals surface area contributed by atoms with E-state index in [9.17, 15) is 30.7 Å². The lowest BCUT2D eigenvalue weighted by molar-refractivity contribution is -0.360. The first-order valence-electron chi connectivity index (χ1n) is 4.37. The number of hydrogen-bond donors (Lipinski definition) is 2. The highest BCUT2D eigenvalue weighted by Gasteiger charge is 2.75. The Morgan fingerprint density at radius 2 is 1.44 bits per heavy atom. The van der Waals surface area contributed by atoms with Crippen molar-refractivity contribution in [1.29, 1.82) is 0 Å². The lowest BCUT2D eigenvalue weighted by Crippen LogP contribution is -2.66. The molecule has 1 heterocycles. The lowest BCUT2D eigenvalue weighted by atomic mass is 10.0. The van der Waals surface area contributed by atoms with Crippen LogP contribution in [0.5, 0.6) is 0 Å². The number of alkyl halides is 7. The van der Waals surface area contributed by atoms with E-state index in [-0.39, 0.29) is 13.1 Å². The van der Waals surface area contributed by atoms with Crippen LogP contribution in [-0.4, -0.2) is 43.7 Å². The third-order valence-corrected chi connectivity index (χ3v) is 2.25. The zero-order chi connectivity index (χ0) is 12.6. The van der Waals surface area contributed by atoms with Gasteiger partial charge in [0.2, 0.25) is 0 Å². The molecule has 1 aliphatic heterocycles. The first-order chi connectivity index (χ1) is 7.11. The highest BCUT2D eigenvalue weighted by molar-refractivity contribution is 5.00. The average Bonchev–Trinajstić information content (AvgIpc) is 2.17. The van der Waals surface area contributed by atoms with Crippen LogP contribution in [0, 0.1) is 0 Å². The Bertz CT molecular complexity index is 244. The summed E-state index contributed by atoms with van der Waals surface area (Å²) in [7, 11) is 0. The van der Waals surface area contributed by atoms with Crippen LogP contribution in [0.3, 0.4) is 0 Å². The number of rotatable bonds is 2.